The second kappa shape index (κ2) is 4.24. The van der Waals surface area contributed by atoms with Gasteiger partial charge in [0.2, 0.25) is 0 Å². The monoisotopic (exact) mass is 229 g/mol. The first kappa shape index (κ1) is 11.7. The molecule has 0 aliphatic heterocycles. The van der Waals surface area contributed by atoms with E-state index in [2.05, 4.69) is 51.0 Å². The van der Waals surface area contributed by atoms with Crippen molar-refractivity contribution in [1.82, 2.24) is 9.78 Å². The molecule has 2 rings (SSSR count). The smallest absolute Gasteiger partial charge is 0.115 e. The zero-order valence-electron chi connectivity index (χ0n) is 10.9. The highest BCUT2D eigenvalue weighted by atomic mass is 15.3. The second-order valence-corrected chi connectivity index (χ2v) is 4.83. The third kappa shape index (κ3) is 2.18. The summed E-state index contributed by atoms with van der Waals surface area (Å²) >= 11 is 0. The number of hydrogen-bond acceptors (Lipinski definition) is 2. The van der Waals surface area contributed by atoms with E-state index in [-0.39, 0.29) is 0 Å². The molecule has 0 spiro atoms. The lowest BCUT2D eigenvalue weighted by Gasteiger charge is -2.06. The van der Waals surface area contributed by atoms with E-state index in [1.165, 1.54) is 11.1 Å². The fourth-order valence-electron chi connectivity index (χ4n) is 1.87. The van der Waals surface area contributed by atoms with Crippen LogP contribution < -0.4 is 5.73 Å². The van der Waals surface area contributed by atoms with Gasteiger partial charge in [-0.1, -0.05) is 17.7 Å². The van der Waals surface area contributed by atoms with Crippen LogP contribution in [0.25, 0.3) is 11.3 Å². The number of anilines is 1. The third-order valence-corrected chi connectivity index (χ3v) is 2.94. The summed E-state index contributed by atoms with van der Waals surface area (Å²) < 4.78 is 1.91. The number of hydrogen-bond donors (Lipinski definition) is 1. The number of benzene rings is 1. The Hall–Kier alpha value is -1.77. The third-order valence-electron chi connectivity index (χ3n) is 2.94. The molecule has 0 saturated heterocycles. The summed E-state index contributed by atoms with van der Waals surface area (Å²) in [7, 11) is 0. The number of aromatic nitrogens is 2. The summed E-state index contributed by atoms with van der Waals surface area (Å²) in [5.74, 6) is 0. The van der Waals surface area contributed by atoms with Gasteiger partial charge in [0.25, 0.3) is 0 Å². The molecule has 0 unspecified atom stereocenters. The van der Waals surface area contributed by atoms with Crippen LogP contribution in [0.1, 0.15) is 31.0 Å². The largest absolute Gasteiger partial charge is 0.396 e. The van der Waals surface area contributed by atoms with Crippen molar-refractivity contribution in [3.05, 3.63) is 35.5 Å². The molecule has 0 saturated carbocycles. The first-order valence-electron chi connectivity index (χ1n) is 5.91. The average molecular weight is 229 g/mol. The maximum atomic E-state index is 6.05. The van der Waals surface area contributed by atoms with Gasteiger partial charge in [-0.2, -0.15) is 5.10 Å². The molecule has 2 aromatic rings. The minimum atomic E-state index is 0.330. The SMILES string of the molecule is Cc1ccc(C)c(-c2nn(C(C)C)cc2N)c1. The fraction of sp³-hybridized carbons (Fsp3) is 0.357. The molecule has 0 bridgehead atoms. The molecule has 3 heteroatoms. The summed E-state index contributed by atoms with van der Waals surface area (Å²) in [5, 5.41) is 4.57. The van der Waals surface area contributed by atoms with E-state index in [9.17, 15) is 0 Å². The molecule has 0 radical (unpaired) electrons. The van der Waals surface area contributed by atoms with Crippen LogP contribution >= 0.6 is 0 Å². The molecule has 0 atom stereocenters. The van der Waals surface area contributed by atoms with Crippen LogP contribution in [0.2, 0.25) is 0 Å². The van der Waals surface area contributed by atoms with Crippen molar-refractivity contribution in [3.8, 4) is 11.3 Å². The predicted molar refractivity (Wildman–Crippen MR) is 71.9 cm³/mol. The summed E-state index contributed by atoms with van der Waals surface area (Å²) in [6.45, 7) is 8.36. The molecule has 17 heavy (non-hydrogen) atoms. The fourth-order valence-corrected chi connectivity index (χ4v) is 1.87. The lowest BCUT2D eigenvalue weighted by Crippen LogP contribution is -2.01. The van der Waals surface area contributed by atoms with Crippen LogP contribution in [-0.4, -0.2) is 9.78 Å². The molecule has 0 aliphatic rings. The highest BCUT2D eigenvalue weighted by Gasteiger charge is 2.12. The van der Waals surface area contributed by atoms with E-state index in [0.29, 0.717) is 6.04 Å². The molecule has 0 fully saturated rings. The Morgan fingerprint density at radius 2 is 1.94 bits per heavy atom. The number of nitrogens with zero attached hydrogens (tertiary/aromatic N) is 2. The molecular weight excluding hydrogens is 210 g/mol. The van der Waals surface area contributed by atoms with Crippen molar-refractivity contribution < 1.29 is 0 Å². The lowest BCUT2D eigenvalue weighted by atomic mass is 10.0. The molecule has 1 heterocycles. The zero-order valence-corrected chi connectivity index (χ0v) is 10.9. The summed E-state index contributed by atoms with van der Waals surface area (Å²) in [6.07, 6.45) is 1.90. The van der Waals surface area contributed by atoms with E-state index in [0.717, 1.165) is 16.9 Å². The Morgan fingerprint density at radius 1 is 1.24 bits per heavy atom. The number of nitrogen functional groups attached to an aromatic ring is 1. The topological polar surface area (TPSA) is 43.8 Å². The van der Waals surface area contributed by atoms with Crippen molar-refractivity contribution >= 4 is 5.69 Å². The highest BCUT2D eigenvalue weighted by Crippen LogP contribution is 2.28. The summed E-state index contributed by atoms with van der Waals surface area (Å²) in [4.78, 5) is 0. The van der Waals surface area contributed by atoms with Gasteiger partial charge in [-0.3, -0.25) is 4.68 Å². The van der Waals surface area contributed by atoms with E-state index in [1.807, 2.05) is 10.9 Å². The van der Waals surface area contributed by atoms with E-state index < -0.39 is 0 Å². The van der Waals surface area contributed by atoms with Crippen LogP contribution in [0.3, 0.4) is 0 Å². The number of nitrogens with two attached hydrogens (primary N) is 1. The van der Waals surface area contributed by atoms with Crippen molar-refractivity contribution in [1.29, 1.82) is 0 Å². The summed E-state index contributed by atoms with van der Waals surface area (Å²) in [6, 6.07) is 6.68. The van der Waals surface area contributed by atoms with Crippen molar-refractivity contribution in [2.24, 2.45) is 0 Å². The van der Waals surface area contributed by atoms with Gasteiger partial charge < -0.3 is 5.73 Å². The van der Waals surface area contributed by atoms with E-state index in [1.54, 1.807) is 0 Å². The molecule has 3 nitrogen and oxygen atoms in total. The van der Waals surface area contributed by atoms with Gasteiger partial charge in [0.1, 0.15) is 5.69 Å². The highest BCUT2D eigenvalue weighted by molar-refractivity contribution is 5.74. The minimum Gasteiger partial charge on any atom is -0.396 e. The molecule has 90 valence electrons. The van der Waals surface area contributed by atoms with Gasteiger partial charge in [-0.05, 0) is 39.3 Å². The van der Waals surface area contributed by atoms with Gasteiger partial charge in [0.15, 0.2) is 0 Å². The van der Waals surface area contributed by atoms with Crippen molar-refractivity contribution in [2.45, 2.75) is 33.7 Å². The Labute approximate surface area is 102 Å². The first-order valence-corrected chi connectivity index (χ1v) is 5.91. The van der Waals surface area contributed by atoms with E-state index >= 15 is 0 Å². The Kier molecular flexibility index (Phi) is 2.92. The molecule has 0 aliphatic carbocycles. The Bertz CT molecular complexity index is 538. The van der Waals surface area contributed by atoms with Gasteiger partial charge >= 0.3 is 0 Å². The van der Waals surface area contributed by atoms with Gasteiger partial charge in [0.05, 0.1) is 5.69 Å². The quantitative estimate of drug-likeness (QED) is 0.858. The molecule has 2 N–H and O–H groups in total. The molecule has 1 aromatic carbocycles. The van der Waals surface area contributed by atoms with E-state index in [4.69, 9.17) is 5.73 Å². The Balaban J connectivity index is 2.56. The number of rotatable bonds is 2. The van der Waals surface area contributed by atoms with Gasteiger partial charge in [-0.15, -0.1) is 0 Å². The predicted octanol–water partition coefficient (Wildman–Crippen LogP) is 3.33. The molecule has 0 amide bonds. The average Bonchev–Trinajstić information content (AvgIpc) is 2.64. The molecule has 1 aromatic heterocycles. The minimum absolute atomic E-state index is 0.330. The standard InChI is InChI=1S/C14H19N3/c1-9(2)17-8-13(15)14(16-17)12-7-10(3)5-6-11(12)4/h5-9H,15H2,1-4H3. The lowest BCUT2D eigenvalue weighted by molar-refractivity contribution is 0.534. The number of aryl methyl sites for hydroxylation is 2. The van der Waals surface area contributed by atoms with Crippen molar-refractivity contribution in [2.75, 3.05) is 5.73 Å². The van der Waals surface area contributed by atoms with Gasteiger partial charge in [-0.25, -0.2) is 0 Å². The first-order chi connectivity index (χ1) is 7.99. The maximum absolute atomic E-state index is 6.05. The van der Waals surface area contributed by atoms with Crippen LogP contribution in [0.15, 0.2) is 24.4 Å². The zero-order chi connectivity index (χ0) is 12.6. The maximum Gasteiger partial charge on any atom is 0.115 e. The molecular formula is C14H19N3. The Morgan fingerprint density at radius 3 is 2.53 bits per heavy atom. The van der Waals surface area contributed by atoms with Crippen molar-refractivity contribution in [3.63, 3.8) is 0 Å². The normalized spacial score (nSPS) is 11.1. The second-order valence-electron chi connectivity index (χ2n) is 4.83. The van der Waals surface area contributed by atoms with Crippen LogP contribution in [-0.2, 0) is 0 Å². The van der Waals surface area contributed by atoms with Crippen LogP contribution in [0, 0.1) is 13.8 Å². The van der Waals surface area contributed by atoms with Crippen LogP contribution in [0.4, 0.5) is 5.69 Å². The van der Waals surface area contributed by atoms with Crippen LogP contribution in [0.5, 0.6) is 0 Å². The summed E-state index contributed by atoms with van der Waals surface area (Å²) in [5.41, 5.74) is 11.2. The van der Waals surface area contributed by atoms with Gasteiger partial charge in [0, 0.05) is 17.8 Å².